The van der Waals surface area contributed by atoms with Gasteiger partial charge < -0.3 is 24.6 Å². The summed E-state index contributed by atoms with van der Waals surface area (Å²) in [6.07, 6.45) is 1.45. The fraction of sp³-hybridized carbons (Fsp3) is 0.360. The second-order valence-corrected chi connectivity index (χ2v) is 7.50. The van der Waals surface area contributed by atoms with Crippen LogP contribution in [0.25, 0.3) is 22.0 Å². The molecule has 0 unspecified atom stereocenters. The molecule has 1 aliphatic carbocycles. The predicted octanol–water partition coefficient (Wildman–Crippen LogP) is 5.47. The highest BCUT2D eigenvalue weighted by atomic mass is 16.5. The number of ether oxygens (including phenoxy) is 3. The van der Waals surface area contributed by atoms with Crippen LogP contribution in [-0.4, -0.2) is 41.7 Å². The number of fused-ring (bicyclic) bond motifs is 3. The van der Waals surface area contributed by atoms with Crippen LogP contribution in [0, 0.1) is 0 Å². The maximum Gasteiger partial charge on any atom is 0.161 e. The molecule has 0 saturated carbocycles. The van der Waals surface area contributed by atoms with Crippen LogP contribution < -0.4 is 19.5 Å². The summed E-state index contributed by atoms with van der Waals surface area (Å²) in [6, 6.07) is 12.0. The van der Waals surface area contributed by atoms with Gasteiger partial charge in [-0.1, -0.05) is 13.0 Å². The van der Waals surface area contributed by atoms with E-state index in [4.69, 9.17) is 19.3 Å². The lowest BCUT2D eigenvalue weighted by molar-refractivity contribution is 0.225. The maximum absolute atomic E-state index is 9.10. The van der Waals surface area contributed by atoms with E-state index in [-0.39, 0.29) is 6.61 Å². The summed E-state index contributed by atoms with van der Waals surface area (Å²) in [6.45, 7) is 7.81. The van der Waals surface area contributed by atoms with E-state index in [1.165, 1.54) is 5.56 Å². The second-order valence-electron chi connectivity index (χ2n) is 7.50. The lowest BCUT2D eigenvalue weighted by Crippen LogP contribution is -2.02. The Labute approximate surface area is 188 Å². The van der Waals surface area contributed by atoms with Crippen molar-refractivity contribution >= 4 is 22.3 Å². The normalized spacial score (nSPS) is 11.2. The molecule has 4 N–H and O–H groups in total. The van der Waals surface area contributed by atoms with Crippen LogP contribution in [0.5, 0.6) is 17.2 Å². The van der Waals surface area contributed by atoms with E-state index in [9.17, 15) is 0 Å². The topological polar surface area (TPSA) is 91.5 Å². The number of aliphatic hydroxyl groups is 1. The number of aryl methyl sites for hydroxylation is 1. The molecular weight excluding hydrogens is 406 g/mol. The van der Waals surface area contributed by atoms with E-state index in [1.54, 1.807) is 0 Å². The first-order chi connectivity index (χ1) is 15.7. The van der Waals surface area contributed by atoms with Crippen molar-refractivity contribution in [2.45, 2.75) is 33.6 Å². The molecule has 0 bridgehead atoms. The molecule has 170 valence electrons. The van der Waals surface area contributed by atoms with Crippen molar-refractivity contribution in [3.63, 3.8) is 0 Å². The fourth-order valence-electron chi connectivity index (χ4n) is 4.09. The van der Waals surface area contributed by atoms with E-state index in [1.807, 2.05) is 44.2 Å². The van der Waals surface area contributed by atoms with Crippen molar-refractivity contribution in [1.82, 2.24) is 10.2 Å². The van der Waals surface area contributed by atoms with Crippen molar-refractivity contribution in [2.24, 2.45) is 0 Å². The van der Waals surface area contributed by atoms with E-state index in [2.05, 4.69) is 28.5 Å². The molecule has 1 heterocycles. The van der Waals surface area contributed by atoms with Crippen LogP contribution in [0.4, 0.5) is 11.5 Å². The molecular formula is C25H31N3O4. The van der Waals surface area contributed by atoms with Crippen LogP contribution in [0.15, 0.2) is 36.4 Å². The SMILES string of the molecule is CCOc1cccc(Nc2[nH][nH]c3c4cc(OCCCO)c(OCC)cc4c(CC)c2-3)c1. The number of benzene rings is 2. The molecule has 0 radical (unpaired) electrons. The number of nitrogens with one attached hydrogen (secondary N) is 3. The Morgan fingerprint density at radius 2 is 1.69 bits per heavy atom. The van der Waals surface area contributed by atoms with Crippen molar-refractivity contribution in [3.8, 4) is 28.5 Å². The van der Waals surface area contributed by atoms with E-state index in [0.717, 1.165) is 51.5 Å². The Kier molecular flexibility index (Phi) is 6.75. The Balaban J connectivity index is 1.76. The summed E-state index contributed by atoms with van der Waals surface area (Å²) in [7, 11) is 0. The van der Waals surface area contributed by atoms with Gasteiger partial charge in [0, 0.05) is 35.7 Å². The zero-order chi connectivity index (χ0) is 22.5. The summed E-state index contributed by atoms with van der Waals surface area (Å²) in [4.78, 5) is 0. The zero-order valence-electron chi connectivity index (χ0n) is 18.9. The van der Waals surface area contributed by atoms with Gasteiger partial charge in [-0.3, -0.25) is 10.2 Å². The minimum Gasteiger partial charge on any atom is -0.494 e. The molecule has 2 aromatic carbocycles. The summed E-state index contributed by atoms with van der Waals surface area (Å²) in [5, 5.41) is 21.4. The number of aromatic amines is 2. The number of aromatic nitrogens is 2. The maximum atomic E-state index is 9.10. The third kappa shape index (κ3) is 4.21. The summed E-state index contributed by atoms with van der Waals surface area (Å²) in [5.74, 6) is 3.15. The molecule has 0 spiro atoms. The molecule has 0 amide bonds. The van der Waals surface area contributed by atoms with Gasteiger partial charge in [0.15, 0.2) is 11.5 Å². The largest absolute Gasteiger partial charge is 0.494 e. The molecule has 0 atom stereocenters. The standard InChI is InChI=1S/C25H31N3O4/c1-4-18-19-14-21(31-6-3)22(32-12-8-11-29)15-20(19)24-23(18)25(28-27-24)26-16-9-7-10-17(13-16)30-5-2/h7,9-10,13-15,26-29H,4-6,8,11-12H2,1-3H3. The lowest BCUT2D eigenvalue weighted by atomic mass is 10.1. The average Bonchev–Trinajstić information content (AvgIpc) is 3.32. The lowest BCUT2D eigenvalue weighted by Gasteiger charge is -2.12. The molecule has 1 aliphatic heterocycles. The van der Waals surface area contributed by atoms with Crippen LogP contribution in [0.3, 0.4) is 0 Å². The summed E-state index contributed by atoms with van der Waals surface area (Å²) < 4.78 is 17.4. The Hall–Kier alpha value is -3.32. The molecule has 4 rings (SSSR count). The van der Waals surface area contributed by atoms with Gasteiger partial charge in [0.05, 0.1) is 25.5 Å². The van der Waals surface area contributed by atoms with Gasteiger partial charge >= 0.3 is 0 Å². The number of hydrogen-bond acceptors (Lipinski definition) is 5. The highest BCUT2D eigenvalue weighted by molar-refractivity contribution is 6.08. The number of rotatable bonds is 11. The van der Waals surface area contributed by atoms with Crippen molar-refractivity contribution < 1.29 is 19.3 Å². The van der Waals surface area contributed by atoms with E-state index in [0.29, 0.717) is 32.0 Å². The Morgan fingerprint density at radius 3 is 2.44 bits per heavy atom. The summed E-state index contributed by atoms with van der Waals surface area (Å²) in [5.41, 5.74) is 4.33. The van der Waals surface area contributed by atoms with Crippen LogP contribution in [-0.2, 0) is 6.42 Å². The molecule has 2 aromatic rings. The minimum absolute atomic E-state index is 0.0952. The van der Waals surface area contributed by atoms with Gasteiger partial charge in [0.1, 0.15) is 11.6 Å². The molecule has 0 aromatic heterocycles. The number of aliphatic hydroxyl groups excluding tert-OH is 1. The van der Waals surface area contributed by atoms with Crippen molar-refractivity contribution in [2.75, 3.05) is 31.7 Å². The molecule has 0 fully saturated rings. The zero-order valence-corrected chi connectivity index (χ0v) is 18.9. The van der Waals surface area contributed by atoms with Gasteiger partial charge in [-0.05, 0) is 55.5 Å². The Bertz CT molecular complexity index is 1150. The fourth-order valence-corrected chi connectivity index (χ4v) is 4.09. The monoisotopic (exact) mass is 437 g/mol. The van der Waals surface area contributed by atoms with Gasteiger partial charge in [-0.25, -0.2) is 0 Å². The smallest absolute Gasteiger partial charge is 0.161 e. The van der Waals surface area contributed by atoms with Gasteiger partial charge in [-0.15, -0.1) is 0 Å². The van der Waals surface area contributed by atoms with Gasteiger partial charge in [-0.2, -0.15) is 0 Å². The van der Waals surface area contributed by atoms with Crippen LogP contribution in [0.2, 0.25) is 0 Å². The number of anilines is 2. The van der Waals surface area contributed by atoms with Gasteiger partial charge in [0.2, 0.25) is 0 Å². The van der Waals surface area contributed by atoms with Crippen molar-refractivity contribution in [1.29, 1.82) is 0 Å². The van der Waals surface area contributed by atoms with Crippen LogP contribution in [0.1, 0.15) is 32.8 Å². The molecule has 2 aliphatic rings. The summed E-state index contributed by atoms with van der Waals surface area (Å²) >= 11 is 0. The third-order valence-corrected chi connectivity index (χ3v) is 5.42. The molecule has 7 heteroatoms. The Morgan fingerprint density at radius 1 is 0.906 bits per heavy atom. The predicted molar refractivity (Wildman–Crippen MR) is 128 cm³/mol. The highest BCUT2D eigenvalue weighted by Gasteiger charge is 2.25. The molecule has 0 saturated heterocycles. The first-order valence-electron chi connectivity index (χ1n) is 11.2. The quantitative estimate of drug-likeness (QED) is 0.234. The second kappa shape index (κ2) is 9.87. The molecule has 7 nitrogen and oxygen atoms in total. The number of H-pyrrole nitrogens is 2. The first-order valence-corrected chi connectivity index (χ1v) is 11.2. The minimum atomic E-state index is 0.0952. The van der Waals surface area contributed by atoms with Gasteiger partial charge in [0.25, 0.3) is 0 Å². The van der Waals surface area contributed by atoms with E-state index >= 15 is 0 Å². The highest BCUT2D eigenvalue weighted by Crippen LogP contribution is 2.46. The third-order valence-electron chi connectivity index (χ3n) is 5.42. The molecule has 32 heavy (non-hydrogen) atoms. The van der Waals surface area contributed by atoms with E-state index < -0.39 is 0 Å². The first kappa shape index (κ1) is 21.9. The average molecular weight is 438 g/mol. The van der Waals surface area contributed by atoms with Crippen molar-refractivity contribution in [3.05, 3.63) is 42.0 Å². The number of hydrogen-bond donors (Lipinski definition) is 4. The van der Waals surface area contributed by atoms with Crippen LogP contribution >= 0.6 is 0 Å².